The Hall–Kier alpha value is -1.13. The number of thiophene rings is 1. The standard InChI is InChI=1S/C11H15N3S/c1-9-3-7-15-10(9)8-12-4-2-11-13-5-6-14-11/h3,5-7,12H,2,4,8H2,1H3,(H,13,14). The lowest BCUT2D eigenvalue weighted by atomic mass is 10.3. The highest BCUT2D eigenvalue weighted by Gasteiger charge is 1.99. The van der Waals surface area contributed by atoms with Gasteiger partial charge in [0.15, 0.2) is 0 Å². The molecule has 0 aliphatic rings. The van der Waals surface area contributed by atoms with Gasteiger partial charge in [-0.25, -0.2) is 4.98 Å². The van der Waals surface area contributed by atoms with E-state index in [9.17, 15) is 0 Å². The minimum absolute atomic E-state index is 0.956. The van der Waals surface area contributed by atoms with Gasteiger partial charge >= 0.3 is 0 Å². The van der Waals surface area contributed by atoms with E-state index < -0.39 is 0 Å². The smallest absolute Gasteiger partial charge is 0.107 e. The number of aromatic nitrogens is 2. The summed E-state index contributed by atoms with van der Waals surface area (Å²) in [4.78, 5) is 8.69. The van der Waals surface area contributed by atoms with E-state index in [1.807, 2.05) is 17.5 Å². The molecule has 0 atom stereocenters. The maximum absolute atomic E-state index is 4.18. The van der Waals surface area contributed by atoms with Crippen LogP contribution in [0.2, 0.25) is 0 Å². The Morgan fingerprint density at radius 2 is 2.47 bits per heavy atom. The first kappa shape index (κ1) is 10.4. The number of hydrogen-bond acceptors (Lipinski definition) is 3. The molecule has 0 spiro atoms. The topological polar surface area (TPSA) is 40.7 Å². The molecule has 15 heavy (non-hydrogen) atoms. The predicted octanol–water partition coefficient (Wildman–Crippen LogP) is 2.11. The van der Waals surface area contributed by atoms with Crippen LogP contribution in [0.1, 0.15) is 16.3 Å². The zero-order chi connectivity index (χ0) is 10.5. The lowest BCUT2D eigenvalue weighted by Crippen LogP contribution is -2.16. The van der Waals surface area contributed by atoms with Crippen LogP contribution in [-0.2, 0) is 13.0 Å². The number of H-pyrrole nitrogens is 1. The predicted molar refractivity (Wildman–Crippen MR) is 63.1 cm³/mol. The van der Waals surface area contributed by atoms with Gasteiger partial charge in [-0.15, -0.1) is 11.3 Å². The second-order valence-electron chi connectivity index (χ2n) is 3.49. The molecule has 0 aromatic carbocycles. The normalized spacial score (nSPS) is 10.7. The molecule has 3 nitrogen and oxygen atoms in total. The summed E-state index contributed by atoms with van der Waals surface area (Å²) in [6, 6.07) is 2.16. The van der Waals surface area contributed by atoms with Crippen molar-refractivity contribution >= 4 is 11.3 Å². The first-order valence-corrected chi connectivity index (χ1v) is 5.96. The van der Waals surface area contributed by atoms with Crippen LogP contribution in [0.4, 0.5) is 0 Å². The van der Waals surface area contributed by atoms with E-state index in [2.05, 4.69) is 33.7 Å². The van der Waals surface area contributed by atoms with Gasteiger partial charge in [0.1, 0.15) is 5.82 Å². The van der Waals surface area contributed by atoms with Gasteiger partial charge < -0.3 is 10.3 Å². The fourth-order valence-electron chi connectivity index (χ4n) is 1.43. The summed E-state index contributed by atoms with van der Waals surface area (Å²) in [6.07, 6.45) is 4.61. The SMILES string of the molecule is Cc1ccsc1CNCCc1ncc[nH]1. The highest BCUT2D eigenvalue weighted by atomic mass is 32.1. The minimum atomic E-state index is 0.956. The lowest BCUT2D eigenvalue weighted by Gasteiger charge is -2.02. The van der Waals surface area contributed by atoms with Gasteiger partial charge in [0.2, 0.25) is 0 Å². The first-order chi connectivity index (χ1) is 7.36. The molecule has 2 N–H and O–H groups in total. The molecule has 0 saturated heterocycles. The van der Waals surface area contributed by atoms with Crippen molar-refractivity contribution in [2.24, 2.45) is 0 Å². The molecule has 0 saturated carbocycles. The quantitative estimate of drug-likeness (QED) is 0.759. The van der Waals surface area contributed by atoms with Crippen LogP contribution in [-0.4, -0.2) is 16.5 Å². The van der Waals surface area contributed by atoms with E-state index in [1.165, 1.54) is 10.4 Å². The molecule has 2 rings (SSSR count). The van der Waals surface area contributed by atoms with E-state index in [-0.39, 0.29) is 0 Å². The van der Waals surface area contributed by atoms with Crippen LogP contribution in [0.3, 0.4) is 0 Å². The Labute approximate surface area is 93.6 Å². The highest BCUT2D eigenvalue weighted by molar-refractivity contribution is 7.10. The third-order valence-electron chi connectivity index (χ3n) is 2.35. The van der Waals surface area contributed by atoms with E-state index in [0.717, 1.165) is 25.3 Å². The summed E-state index contributed by atoms with van der Waals surface area (Å²) in [5.74, 6) is 1.05. The van der Waals surface area contributed by atoms with Crippen molar-refractivity contribution in [1.29, 1.82) is 0 Å². The summed E-state index contributed by atoms with van der Waals surface area (Å²) in [6.45, 7) is 4.08. The Balaban J connectivity index is 1.70. The number of rotatable bonds is 5. The Bertz CT molecular complexity index is 392. The number of aryl methyl sites for hydroxylation is 1. The summed E-state index contributed by atoms with van der Waals surface area (Å²) in [5, 5.41) is 5.56. The van der Waals surface area contributed by atoms with Gasteiger partial charge in [-0.3, -0.25) is 0 Å². The highest BCUT2D eigenvalue weighted by Crippen LogP contribution is 2.14. The molecule has 0 radical (unpaired) electrons. The Morgan fingerprint density at radius 3 is 3.13 bits per heavy atom. The molecule has 0 unspecified atom stereocenters. The molecule has 0 fully saturated rings. The molecule has 2 aromatic rings. The van der Waals surface area contributed by atoms with Gasteiger partial charge in [-0.05, 0) is 23.9 Å². The molecule has 0 aliphatic heterocycles. The van der Waals surface area contributed by atoms with Crippen LogP contribution in [0.5, 0.6) is 0 Å². The largest absolute Gasteiger partial charge is 0.349 e. The van der Waals surface area contributed by atoms with Crippen LogP contribution in [0, 0.1) is 6.92 Å². The fraction of sp³-hybridized carbons (Fsp3) is 0.364. The average molecular weight is 221 g/mol. The summed E-state index contributed by atoms with van der Waals surface area (Å²) >= 11 is 1.81. The maximum Gasteiger partial charge on any atom is 0.107 e. The minimum Gasteiger partial charge on any atom is -0.349 e. The van der Waals surface area contributed by atoms with Crippen molar-refractivity contribution in [1.82, 2.24) is 15.3 Å². The van der Waals surface area contributed by atoms with Crippen molar-refractivity contribution in [3.63, 3.8) is 0 Å². The zero-order valence-corrected chi connectivity index (χ0v) is 9.60. The molecule has 2 aromatic heterocycles. The number of aromatic amines is 1. The summed E-state index contributed by atoms with van der Waals surface area (Å²) < 4.78 is 0. The lowest BCUT2D eigenvalue weighted by molar-refractivity contribution is 0.678. The third kappa shape index (κ3) is 2.91. The molecular formula is C11H15N3S. The van der Waals surface area contributed by atoms with E-state index in [4.69, 9.17) is 0 Å². The number of nitrogens with one attached hydrogen (secondary N) is 2. The Kier molecular flexibility index (Phi) is 3.53. The second kappa shape index (κ2) is 5.09. The van der Waals surface area contributed by atoms with Gasteiger partial charge in [0.05, 0.1) is 0 Å². The van der Waals surface area contributed by atoms with Crippen LogP contribution < -0.4 is 5.32 Å². The van der Waals surface area contributed by atoms with Gasteiger partial charge in [0.25, 0.3) is 0 Å². The second-order valence-corrected chi connectivity index (χ2v) is 4.49. The van der Waals surface area contributed by atoms with Crippen LogP contribution in [0.25, 0.3) is 0 Å². The molecule has 2 heterocycles. The molecule has 0 amide bonds. The number of hydrogen-bond donors (Lipinski definition) is 2. The van der Waals surface area contributed by atoms with Gasteiger partial charge in [0, 0.05) is 36.8 Å². The van der Waals surface area contributed by atoms with E-state index in [0.29, 0.717) is 0 Å². The maximum atomic E-state index is 4.18. The molecular weight excluding hydrogens is 206 g/mol. The summed E-state index contributed by atoms with van der Waals surface area (Å²) in [7, 11) is 0. The van der Waals surface area contributed by atoms with Crippen LogP contribution >= 0.6 is 11.3 Å². The monoisotopic (exact) mass is 221 g/mol. The van der Waals surface area contributed by atoms with E-state index in [1.54, 1.807) is 6.20 Å². The molecule has 4 heteroatoms. The van der Waals surface area contributed by atoms with Crippen molar-refractivity contribution in [2.75, 3.05) is 6.54 Å². The van der Waals surface area contributed by atoms with Crippen molar-refractivity contribution in [3.8, 4) is 0 Å². The summed E-state index contributed by atoms with van der Waals surface area (Å²) in [5.41, 5.74) is 1.38. The molecule has 0 aliphatic carbocycles. The van der Waals surface area contributed by atoms with Gasteiger partial charge in [-0.1, -0.05) is 0 Å². The molecule has 80 valence electrons. The Morgan fingerprint density at radius 1 is 1.53 bits per heavy atom. The van der Waals surface area contributed by atoms with Gasteiger partial charge in [-0.2, -0.15) is 0 Å². The van der Waals surface area contributed by atoms with Crippen LogP contribution in [0.15, 0.2) is 23.8 Å². The number of nitrogens with zero attached hydrogens (tertiary/aromatic N) is 1. The van der Waals surface area contributed by atoms with Crippen molar-refractivity contribution < 1.29 is 0 Å². The molecule has 0 bridgehead atoms. The fourth-order valence-corrected chi connectivity index (χ4v) is 2.30. The first-order valence-electron chi connectivity index (χ1n) is 5.08. The van der Waals surface area contributed by atoms with Crippen molar-refractivity contribution in [3.05, 3.63) is 40.1 Å². The zero-order valence-electron chi connectivity index (χ0n) is 8.79. The average Bonchev–Trinajstić information content (AvgIpc) is 2.85. The number of imidazole rings is 1. The van der Waals surface area contributed by atoms with E-state index >= 15 is 0 Å². The third-order valence-corrected chi connectivity index (χ3v) is 3.37. The van der Waals surface area contributed by atoms with Crippen molar-refractivity contribution in [2.45, 2.75) is 19.9 Å².